The number of piperidine rings is 2. The van der Waals surface area contributed by atoms with Crippen LogP contribution in [0, 0.1) is 0 Å². The summed E-state index contributed by atoms with van der Waals surface area (Å²) in [6.45, 7) is 6.87. The predicted octanol–water partition coefficient (Wildman–Crippen LogP) is 7.56. The number of ether oxygens (including phenoxy) is 3. The van der Waals surface area contributed by atoms with E-state index in [-0.39, 0.29) is 17.9 Å². The molecule has 0 atom stereocenters. The van der Waals surface area contributed by atoms with E-state index < -0.39 is 10.8 Å². The molecule has 16 heteroatoms. The van der Waals surface area contributed by atoms with Gasteiger partial charge in [-0.1, -0.05) is 12.1 Å². The summed E-state index contributed by atoms with van der Waals surface area (Å²) in [7, 11) is 9.42. The third kappa shape index (κ3) is 9.11. The lowest BCUT2D eigenvalue weighted by Gasteiger charge is -2.39. The number of anilines is 2. The van der Waals surface area contributed by atoms with Gasteiger partial charge in [-0.25, -0.2) is 14.8 Å². The van der Waals surface area contributed by atoms with Crippen molar-refractivity contribution in [3.63, 3.8) is 0 Å². The first-order valence-electron chi connectivity index (χ1n) is 26.0. The fourth-order valence-corrected chi connectivity index (χ4v) is 12.0. The molecular weight excluding hydrogens is 921 g/mol. The molecule has 2 aromatic carbocycles. The molecule has 5 aliphatic rings. The number of nitrogens with zero attached hydrogens (tertiary/aromatic N) is 10. The normalized spacial score (nSPS) is 18.2. The fraction of sp³-hybridized carbons (Fsp3) is 0.456. The molecule has 4 aromatic heterocycles. The van der Waals surface area contributed by atoms with Crippen LogP contribution in [-0.2, 0) is 25.2 Å². The second-order valence-electron chi connectivity index (χ2n) is 21.0. The third-order valence-electron chi connectivity index (χ3n) is 16.2. The summed E-state index contributed by atoms with van der Waals surface area (Å²) in [6, 6.07) is 21.1. The van der Waals surface area contributed by atoms with Crippen molar-refractivity contribution in [3.05, 3.63) is 96.6 Å². The molecule has 0 unspecified atom stereocenters. The summed E-state index contributed by atoms with van der Waals surface area (Å²) in [6.07, 6.45) is 13.9. The number of rotatable bonds is 16. The number of amides is 3. The second kappa shape index (κ2) is 19.9. The minimum Gasteiger partial charge on any atom is -0.478 e. The molecule has 4 aliphatic heterocycles. The van der Waals surface area contributed by atoms with E-state index in [1.165, 1.54) is 20.0 Å². The quantitative estimate of drug-likeness (QED) is 0.0880. The highest BCUT2D eigenvalue weighted by molar-refractivity contribution is 6.14. The van der Waals surface area contributed by atoms with Crippen molar-refractivity contribution in [1.29, 1.82) is 0 Å². The highest BCUT2D eigenvalue weighted by atomic mass is 16.5. The van der Waals surface area contributed by atoms with Crippen molar-refractivity contribution >= 4 is 51.1 Å². The van der Waals surface area contributed by atoms with Crippen LogP contribution in [-0.4, -0.2) is 164 Å². The molecule has 380 valence electrons. The molecule has 16 nitrogen and oxygen atoms in total. The highest BCUT2D eigenvalue weighted by Crippen LogP contribution is 2.53. The number of hydrogen-bond acceptors (Lipinski definition) is 13. The Bertz CT molecular complexity index is 3040. The molecule has 11 rings (SSSR count). The summed E-state index contributed by atoms with van der Waals surface area (Å²) in [5.41, 5.74) is 8.19. The largest absolute Gasteiger partial charge is 0.478 e. The van der Waals surface area contributed by atoms with Gasteiger partial charge in [0.2, 0.25) is 23.6 Å². The first kappa shape index (κ1) is 48.5. The van der Waals surface area contributed by atoms with Crippen molar-refractivity contribution in [1.82, 2.24) is 39.5 Å². The number of pyridine rings is 4. The Labute approximate surface area is 427 Å². The number of carbonyl (C=O) groups is 3. The van der Waals surface area contributed by atoms with E-state index in [4.69, 9.17) is 24.2 Å². The van der Waals surface area contributed by atoms with Crippen molar-refractivity contribution in [2.75, 3.05) is 111 Å². The van der Waals surface area contributed by atoms with Crippen molar-refractivity contribution < 1.29 is 28.6 Å². The highest BCUT2D eigenvalue weighted by Gasteiger charge is 2.55. The van der Waals surface area contributed by atoms with Gasteiger partial charge in [0.1, 0.15) is 0 Å². The standard InChI is InChI=1S/C57H66N10O6/c1-62(2)22-6-30-72-49-16-10-41(35-60-49)39-9-15-46-44(33-39)52-48(37-59-46)67(54(69)57(52)18-24-65(25-19-57)42-12-13-42)29-28-63(3)23-7-31-73-50-17-11-40(34-61-50)38-8-14-45-43(32-38)51-47(36-58-45)64(4)53(68)56(51)20-26-66(27-21-56)55(70)71-5/h8-11,14-17,32-37,42H,6-7,12-13,18-31H2,1-5H3. The summed E-state index contributed by atoms with van der Waals surface area (Å²) >= 11 is 0. The topological polar surface area (TPSA) is 150 Å². The van der Waals surface area contributed by atoms with Crippen LogP contribution in [0.2, 0.25) is 0 Å². The maximum absolute atomic E-state index is 15.0. The van der Waals surface area contributed by atoms with E-state index in [1.807, 2.05) is 60.9 Å². The lowest BCUT2D eigenvalue weighted by molar-refractivity contribution is -0.125. The van der Waals surface area contributed by atoms with Gasteiger partial charge in [-0.2, -0.15) is 0 Å². The predicted molar refractivity (Wildman–Crippen MR) is 282 cm³/mol. The van der Waals surface area contributed by atoms with Crippen LogP contribution in [0.3, 0.4) is 0 Å². The van der Waals surface area contributed by atoms with E-state index in [1.54, 1.807) is 16.0 Å². The number of likely N-dealkylation sites (tertiary alicyclic amines) is 2. The van der Waals surface area contributed by atoms with Gasteiger partial charge >= 0.3 is 6.09 Å². The van der Waals surface area contributed by atoms with Gasteiger partial charge in [-0.3, -0.25) is 19.6 Å². The molecule has 1 aliphatic carbocycles. The van der Waals surface area contributed by atoms with E-state index in [9.17, 15) is 14.4 Å². The molecule has 6 aromatic rings. The molecule has 3 fully saturated rings. The SMILES string of the molecule is COC(=O)N1CCC2(CC1)C(=O)N(C)c1cnc3ccc(-c4ccc(OCCCN(C)CCN5C(=O)C6(CCN(C7CC7)CC6)c6c5cnc5ccc(-c7ccc(OCCCN(C)C)nc7)cc65)nc4)cc3c12. The zero-order valence-corrected chi connectivity index (χ0v) is 42.8. The van der Waals surface area contributed by atoms with E-state index in [2.05, 4.69) is 76.1 Å². The molecule has 8 heterocycles. The average Bonchev–Trinajstić information content (AvgIpc) is 4.22. The summed E-state index contributed by atoms with van der Waals surface area (Å²) < 4.78 is 17.1. The maximum Gasteiger partial charge on any atom is 0.409 e. The van der Waals surface area contributed by atoms with E-state index >= 15 is 0 Å². The minimum absolute atomic E-state index is 0.0385. The molecule has 1 saturated carbocycles. The Morgan fingerprint density at radius 3 is 1.73 bits per heavy atom. The first-order valence-corrected chi connectivity index (χ1v) is 26.0. The number of benzene rings is 2. The number of fused-ring (bicyclic) bond motifs is 8. The van der Waals surface area contributed by atoms with Crippen LogP contribution < -0.4 is 19.3 Å². The van der Waals surface area contributed by atoms with Gasteiger partial charge in [0, 0.05) is 110 Å². The molecule has 0 bridgehead atoms. The zero-order chi connectivity index (χ0) is 50.4. The smallest absolute Gasteiger partial charge is 0.409 e. The molecule has 3 amide bonds. The third-order valence-corrected chi connectivity index (χ3v) is 16.2. The van der Waals surface area contributed by atoms with Gasteiger partial charge < -0.3 is 43.6 Å². The summed E-state index contributed by atoms with van der Waals surface area (Å²) in [5.74, 6) is 1.41. The Morgan fingerprint density at radius 1 is 0.644 bits per heavy atom. The first-order chi connectivity index (χ1) is 35.5. The zero-order valence-electron chi connectivity index (χ0n) is 42.8. The van der Waals surface area contributed by atoms with Crippen LogP contribution in [0.4, 0.5) is 16.2 Å². The van der Waals surface area contributed by atoms with Crippen LogP contribution in [0.25, 0.3) is 44.1 Å². The lowest BCUT2D eigenvalue weighted by atomic mass is 9.72. The average molecular weight is 987 g/mol. The molecule has 0 N–H and O–H groups in total. The summed E-state index contributed by atoms with van der Waals surface area (Å²) in [4.78, 5) is 72.6. The number of likely N-dealkylation sites (N-methyl/N-ethyl adjacent to an activating group) is 2. The number of methoxy groups -OCH3 is 1. The Morgan fingerprint density at radius 2 is 1.18 bits per heavy atom. The van der Waals surface area contributed by atoms with Crippen LogP contribution in [0.15, 0.2) is 85.5 Å². The van der Waals surface area contributed by atoms with Crippen LogP contribution in [0.1, 0.15) is 62.5 Å². The van der Waals surface area contributed by atoms with E-state index in [0.717, 1.165) is 118 Å². The molecular formula is C57H66N10O6. The maximum atomic E-state index is 15.0. The molecule has 2 saturated heterocycles. The second-order valence-corrected chi connectivity index (χ2v) is 21.0. The number of aromatic nitrogens is 4. The summed E-state index contributed by atoms with van der Waals surface area (Å²) in [5, 5.41) is 1.98. The molecule has 0 radical (unpaired) electrons. The van der Waals surface area contributed by atoms with E-state index in [0.29, 0.717) is 70.0 Å². The van der Waals surface area contributed by atoms with Gasteiger partial charge in [-0.05, 0) is 133 Å². The van der Waals surface area contributed by atoms with Crippen molar-refractivity contribution in [3.8, 4) is 34.0 Å². The monoisotopic (exact) mass is 987 g/mol. The van der Waals surface area contributed by atoms with Crippen molar-refractivity contribution in [2.45, 2.75) is 68.2 Å². The minimum atomic E-state index is -0.738. The molecule has 2 spiro atoms. The van der Waals surface area contributed by atoms with Crippen LogP contribution >= 0.6 is 0 Å². The Balaban J connectivity index is 0.735. The van der Waals surface area contributed by atoms with Gasteiger partial charge in [0.05, 0.1) is 66.0 Å². The van der Waals surface area contributed by atoms with Gasteiger partial charge in [-0.15, -0.1) is 0 Å². The fourth-order valence-electron chi connectivity index (χ4n) is 12.0. The van der Waals surface area contributed by atoms with Gasteiger partial charge in [0.25, 0.3) is 0 Å². The van der Waals surface area contributed by atoms with Crippen molar-refractivity contribution in [2.24, 2.45) is 0 Å². The Hall–Kier alpha value is -6.75. The Kier molecular flexibility index (Phi) is 13.2. The number of carbonyl (C=O) groups excluding carboxylic acids is 3. The van der Waals surface area contributed by atoms with Gasteiger partial charge in [0.15, 0.2) is 0 Å². The van der Waals surface area contributed by atoms with Crippen LogP contribution in [0.5, 0.6) is 11.8 Å². The lowest BCUT2D eigenvalue weighted by Crippen LogP contribution is -2.50. The number of hydrogen-bond donors (Lipinski definition) is 0. The molecule has 73 heavy (non-hydrogen) atoms.